The van der Waals surface area contributed by atoms with Crippen molar-refractivity contribution in [3.05, 3.63) is 387 Å². The van der Waals surface area contributed by atoms with Gasteiger partial charge in [-0.3, -0.25) is 0 Å². The zero-order valence-electron chi connectivity index (χ0n) is 80.8. The molecular weight excluding hydrogens is 1430 g/mol. The van der Waals surface area contributed by atoms with Crippen LogP contribution in [0.2, 0.25) is 0 Å². The van der Waals surface area contributed by atoms with Crippen molar-refractivity contribution >= 4 is 154 Å². The zero-order valence-corrected chi connectivity index (χ0v) is 65.6. The van der Waals surface area contributed by atoms with Gasteiger partial charge in [0.2, 0.25) is 0 Å². The van der Waals surface area contributed by atoms with Crippen LogP contribution >= 0.6 is 11.3 Å². The summed E-state index contributed by atoms with van der Waals surface area (Å²) in [5.41, 5.74) is 19.4. The lowest BCUT2D eigenvalue weighted by Gasteiger charge is -2.45. The van der Waals surface area contributed by atoms with Gasteiger partial charge in [0.25, 0.3) is 6.71 Å². The molecule has 0 spiro atoms. The van der Waals surface area contributed by atoms with E-state index >= 15 is 0 Å². The number of aromatic nitrogens is 3. The van der Waals surface area contributed by atoms with Crippen molar-refractivity contribution in [3.63, 3.8) is 0 Å². The molecular formula is C110H80BN5S. The molecule has 0 saturated heterocycles. The number of anilines is 6. The van der Waals surface area contributed by atoms with Crippen molar-refractivity contribution in [2.75, 3.05) is 9.80 Å². The predicted molar refractivity (Wildman–Crippen MR) is 501 cm³/mol. The van der Waals surface area contributed by atoms with Crippen LogP contribution in [0.5, 0.6) is 0 Å². The van der Waals surface area contributed by atoms with E-state index in [1.165, 1.54) is 0 Å². The van der Waals surface area contributed by atoms with Crippen LogP contribution in [0.15, 0.2) is 376 Å². The molecule has 0 amide bonds. The van der Waals surface area contributed by atoms with Crippen LogP contribution in [0, 0.1) is 0 Å². The Hall–Kier alpha value is -14.0. The number of para-hydroxylation sites is 6. The summed E-state index contributed by atoms with van der Waals surface area (Å²) >= 11 is 1.75. The number of nitrogens with zero attached hydrogens (tertiary/aromatic N) is 5. The van der Waals surface area contributed by atoms with Gasteiger partial charge in [-0.2, -0.15) is 0 Å². The highest BCUT2D eigenvalue weighted by atomic mass is 32.1. The topological polar surface area (TPSA) is 21.3 Å². The predicted octanol–water partition coefficient (Wildman–Crippen LogP) is 28.4. The minimum absolute atomic E-state index is 0.0580. The lowest BCUT2D eigenvalue weighted by molar-refractivity contribution is 0.590. The Morgan fingerprint density at radius 1 is 0.274 bits per heavy atom. The third-order valence-corrected chi connectivity index (χ3v) is 25.2. The summed E-state index contributed by atoms with van der Waals surface area (Å²) in [7, 11) is 0. The molecule has 0 aliphatic carbocycles. The maximum absolute atomic E-state index is 10.0. The molecule has 5 nitrogen and oxygen atoms in total. The summed E-state index contributed by atoms with van der Waals surface area (Å²) in [6.45, 7) is 12.5. The molecule has 554 valence electrons. The zero-order chi connectivity index (χ0) is 92.0. The minimum Gasteiger partial charge on any atom is -0.311 e. The largest absolute Gasteiger partial charge is 0.311 e. The Bertz CT molecular complexity index is 8500. The average molecular weight is 1530 g/mol. The summed E-state index contributed by atoms with van der Waals surface area (Å²) in [5.74, 6) is 0. The third-order valence-electron chi connectivity index (χ3n) is 24.0. The van der Waals surface area contributed by atoms with Crippen molar-refractivity contribution < 1.29 is 21.9 Å². The summed E-state index contributed by atoms with van der Waals surface area (Å²) in [4.78, 5) is 4.64. The monoisotopic (exact) mass is 1530 g/mol. The van der Waals surface area contributed by atoms with Crippen molar-refractivity contribution in [2.24, 2.45) is 0 Å². The molecule has 0 fully saturated rings. The lowest BCUT2D eigenvalue weighted by Crippen LogP contribution is -2.61. The summed E-state index contributed by atoms with van der Waals surface area (Å²) < 4.78 is 161. The molecule has 0 saturated carbocycles. The fraction of sp³-hybridized carbons (Fsp3) is 0.0727. The van der Waals surface area contributed by atoms with Gasteiger partial charge in [-0.15, -0.1) is 11.3 Å². The molecule has 0 bridgehead atoms. The molecule has 0 radical (unpaired) electrons. The molecule has 2 aliphatic rings. The maximum Gasteiger partial charge on any atom is 0.252 e. The normalized spacial score (nSPS) is 14.7. The number of rotatable bonds is 10. The van der Waals surface area contributed by atoms with Gasteiger partial charge >= 0.3 is 0 Å². The molecule has 0 atom stereocenters. The summed E-state index contributed by atoms with van der Waals surface area (Å²) in [5, 5.41) is 3.98. The Kier molecular flexibility index (Phi) is 12.1. The average Bonchev–Trinajstić information content (AvgIpc) is 1.16. The van der Waals surface area contributed by atoms with E-state index in [1.54, 1.807) is 20.5 Å². The highest BCUT2D eigenvalue weighted by Gasteiger charge is 2.46. The second kappa shape index (κ2) is 26.3. The first-order valence-electron chi connectivity index (χ1n) is 47.6. The molecule has 17 aromatic carbocycles. The molecule has 117 heavy (non-hydrogen) atoms. The first-order valence-corrected chi connectivity index (χ1v) is 40.4. The van der Waals surface area contributed by atoms with Crippen LogP contribution in [0.3, 0.4) is 0 Å². The molecule has 4 aromatic heterocycles. The molecule has 2 aliphatic heterocycles. The van der Waals surface area contributed by atoms with E-state index in [9.17, 15) is 21.9 Å². The number of hydrogen-bond donors (Lipinski definition) is 0. The molecule has 7 heteroatoms. The van der Waals surface area contributed by atoms with Gasteiger partial charge in [0.15, 0.2) is 0 Å². The van der Waals surface area contributed by atoms with Gasteiger partial charge < -0.3 is 23.5 Å². The van der Waals surface area contributed by atoms with E-state index in [0.717, 1.165) is 137 Å². The fourth-order valence-corrected chi connectivity index (χ4v) is 19.8. The first kappa shape index (κ1) is 53.9. The van der Waals surface area contributed by atoms with Gasteiger partial charge in [-0.1, -0.05) is 302 Å². The van der Waals surface area contributed by atoms with Gasteiger partial charge in [0.1, 0.15) is 0 Å². The van der Waals surface area contributed by atoms with E-state index in [1.807, 2.05) is 91.0 Å². The standard InChI is InChI=1S/C110H80BN5S/c1-109(2,3)75-59-73(70-33-12-8-13-34-70)60-79(64-75)114-100-67-77(112-93-46-23-16-37-80(93)81-38-17-24-47-94(81)112)54-56-91(100)111-92-57-55-78(113-95-48-25-18-39-82(95)83-40-19-26-49-96(83)113)68-101(92)116(99-58-53-72(69-31-10-7-11-32-69)61-89(99)71-35-14-9-15-36-71)104-63-74(62-103(114)107(104)111)106-90(88-45-30-44-87-86-43-22-29-52-105(86)117-108(87)88)65-76(110(4,5)6)66-102(106)115-97-50-27-20-41-84(97)85-42-21-28-51-98(85)115/h7-68H,1-6H3/i16D,17D,18D,19D,23D,24D,25D,26D,37D,38D,39D,40D,46D,47D,48D,49D. The lowest BCUT2D eigenvalue weighted by atomic mass is 9.33. The summed E-state index contributed by atoms with van der Waals surface area (Å²) in [6, 6.07) is 89.2. The Balaban J connectivity index is 0.956. The van der Waals surface area contributed by atoms with Crippen molar-refractivity contribution in [1.82, 2.24) is 13.7 Å². The van der Waals surface area contributed by atoms with Crippen molar-refractivity contribution in [2.45, 2.75) is 52.4 Å². The molecule has 23 rings (SSSR count). The van der Waals surface area contributed by atoms with E-state index in [0.29, 0.717) is 39.8 Å². The highest BCUT2D eigenvalue weighted by molar-refractivity contribution is 7.26. The van der Waals surface area contributed by atoms with Gasteiger partial charge in [0.05, 0.1) is 66.4 Å². The van der Waals surface area contributed by atoms with Crippen LogP contribution < -0.4 is 26.2 Å². The SMILES string of the molecule is [2H]c1c([2H])c([2H])c2c(c1[2H])c1c([2H])c([2H])c([2H])c([2H])c1n2-c1ccc2c(c1)N(c1cc(-c3ccccc3)cc(C(C)(C)C)c1)c1cc(-c3c(-c4cccc5c4sc4ccccc45)cc(C(C)(C)C)cc3-n3c4ccccc4c4ccccc43)cc3c1B2c1ccc(-n2c4c([2H])c([2H])c([2H])c([2H])c4c4c([2H])c([2H])c([2H])c([2H])c42)cc1N3c1ccc(-c2ccccc2)cc1-c1ccccc1. The molecule has 0 unspecified atom stereocenters. The second-order valence-electron chi connectivity index (χ2n) is 32.8. The number of fused-ring (bicyclic) bond motifs is 16. The Morgan fingerprint density at radius 3 is 1.32 bits per heavy atom. The van der Waals surface area contributed by atoms with E-state index in [2.05, 4.69) is 244 Å². The minimum atomic E-state index is -0.824. The van der Waals surface area contributed by atoms with Crippen LogP contribution in [-0.4, -0.2) is 20.4 Å². The maximum atomic E-state index is 10.0. The van der Waals surface area contributed by atoms with Crippen LogP contribution in [0.4, 0.5) is 34.1 Å². The summed E-state index contributed by atoms with van der Waals surface area (Å²) in [6.07, 6.45) is 0. The van der Waals surface area contributed by atoms with Gasteiger partial charge in [-0.25, -0.2) is 0 Å². The van der Waals surface area contributed by atoms with Gasteiger partial charge in [0, 0.05) is 109 Å². The highest BCUT2D eigenvalue weighted by Crippen LogP contribution is 2.55. The smallest absolute Gasteiger partial charge is 0.252 e. The van der Waals surface area contributed by atoms with Crippen LogP contribution in [0.1, 0.15) is 74.6 Å². The fourth-order valence-electron chi connectivity index (χ4n) is 18.5. The Labute approximate surface area is 707 Å². The first-order chi connectivity index (χ1) is 64.0. The van der Waals surface area contributed by atoms with Crippen molar-refractivity contribution in [1.29, 1.82) is 0 Å². The Morgan fingerprint density at radius 2 is 0.752 bits per heavy atom. The van der Waals surface area contributed by atoms with Crippen LogP contribution in [0.25, 0.3) is 158 Å². The molecule has 6 heterocycles. The van der Waals surface area contributed by atoms with Crippen molar-refractivity contribution in [3.8, 4) is 72.7 Å². The number of benzene rings is 17. The van der Waals surface area contributed by atoms with E-state index < -0.39 is 114 Å². The van der Waals surface area contributed by atoms with E-state index in [4.69, 9.17) is 0 Å². The van der Waals surface area contributed by atoms with Crippen LogP contribution in [-0.2, 0) is 10.8 Å². The molecule has 21 aromatic rings. The number of hydrogen-bond acceptors (Lipinski definition) is 3. The quantitative estimate of drug-likeness (QED) is 0.127. The second-order valence-corrected chi connectivity index (χ2v) is 33.8. The molecule has 0 N–H and O–H groups in total. The number of thiophene rings is 1. The van der Waals surface area contributed by atoms with Gasteiger partial charge in [-0.05, 0) is 192 Å². The van der Waals surface area contributed by atoms with E-state index in [-0.39, 0.29) is 43.6 Å². The third kappa shape index (κ3) is 10.8.